The van der Waals surface area contributed by atoms with Crippen LogP contribution in [0.5, 0.6) is 0 Å². The van der Waals surface area contributed by atoms with Crippen molar-refractivity contribution in [1.29, 1.82) is 0 Å². The molecule has 0 radical (unpaired) electrons. The summed E-state index contributed by atoms with van der Waals surface area (Å²) in [5.41, 5.74) is 7.95. The Bertz CT molecular complexity index is 2510. The summed E-state index contributed by atoms with van der Waals surface area (Å²) in [5.74, 6) is 8.69. The second-order valence-electron chi connectivity index (χ2n) is 15.8. The van der Waals surface area contributed by atoms with Gasteiger partial charge in [0, 0.05) is 24.2 Å². The van der Waals surface area contributed by atoms with Gasteiger partial charge in [-0.25, -0.2) is 9.97 Å². The van der Waals surface area contributed by atoms with E-state index >= 15 is 0 Å². The predicted octanol–water partition coefficient (Wildman–Crippen LogP) is 8.31. The lowest BCUT2D eigenvalue weighted by Gasteiger charge is -2.28. The Hall–Kier alpha value is -6.20. The number of carbonyl (C=O) groups is 2. The second-order valence-corrected chi connectivity index (χ2v) is 15.8. The van der Waals surface area contributed by atoms with Crippen LogP contribution in [0.4, 0.5) is 0 Å². The quantitative estimate of drug-likeness (QED) is 0.128. The molecule has 4 fully saturated rings. The number of hydrogen-bond acceptors (Lipinski definition) is 4. The second kappa shape index (κ2) is 13.0. The maximum Gasteiger partial charge on any atom is 0.234 e. The van der Waals surface area contributed by atoms with E-state index in [0.29, 0.717) is 13.0 Å². The molecule has 8 nitrogen and oxygen atoms in total. The molecule has 2 atom stereocenters. The van der Waals surface area contributed by atoms with Crippen LogP contribution in [0.25, 0.3) is 22.3 Å². The Morgan fingerprint density at radius 2 is 1.36 bits per heavy atom. The number of likely N-dealkylation sites (tertiary alicyclic amines) is 2. The zero-order valence-electron chi connectivity index (χ0n) is 30.7. The first-order valence-electron chi connectivity index (χ1n) is 19.5. The Labute approximate surface area is 320 Å². The van der Waals surface area contributed by atoms with Crippen molar-refractivity contribution >= 4 is 22.8 Å². The molecule has 2 N–H and O–H groups in total. The van der Waals surface area contributed by atoms with Crippen molar-refractivity contribution in [3.05, 3.63) is 155 Å². The molecule has 2 saturated heterocycles. The van der Waals surface area contributed by atoms with Crippen molar-refractivity contribution in [2.75, 3.05) is 13.1 Å². The zero-order valence-corrected chi connectivity index (χ0v) is 30.7. The summed E-state index contributed by atoms with van der Waals surface area (Å²) in [6, 6.07) is 34.4. The number of hydrogen-bond donors (Lipinski definition) is 2. The average molecular weight is 723 g/mol. The zero-order chi connectivity index (χ0) is 37.1. The van der Waals surface area contributed by atoms with Gasteiger partial charge in [0.05, 0.1) is 45.8 Å². The molecule has 0 bridgehead atoms. The maximum absolute atomic E-state index is 14.0. The van der Waals surface area contributed by atoms with Gasteiger partial charge in [0.1, 0.15) is 11.6 Å². The molecule has 0 spiro atoms. The van der Waals surface area contributed by atoms with E-state index < -0.39 is 5.41 Å². The number of aromatic amines is 2. The number of amides is 2. The fraction of sp³-hybridized carbons (Fsp3) is 0.277. The number of nitrogens with zero attached hydrogens (tertiary/aromatic N) is 4. The fourth-order valence-electron chi connectivity index (χ4n) is 8.91. The van der Waals surface area contributed by atoms with Gasteiger partial charge < -0.3 is 19.8 Å². The lowest BCUT2D eigenvalue weighted by atomic mass is 9.94. The van der Waals surface area contributed by atoms with Crippen molar-refractivity contribution in [1.82, 2.24) is 29.7 Å². The molecule has 2 aliphatic carbocycles. The average Bonchev–Trinajstić information content (AvgIpc) is 3.93. The number of benzene rings is 4. The molecular weight excluding hydrogens is 681 g/mol. The number of fused-ring (bicyclic) bond motifs is 1. The summed E-state index contributed by atoms with van der Waals surface area (Å²) in [6.45, 7) is 5.58. The summed E-state index contributed by atoms with van der Waals surface area (Å²) in [6.07, 6.45) is 8.03. The molecule has 2 amide bonds. The van der Waals surface area contributed by atoms with E-state index in [1.165, 1.54) is 0 Å². The summed E-state index contributed by atoms with van der Waals surface area (Å²) in [4.78, 5) is 48.7. The number of imidazole rings is 2. The van der Waals surface area contributed by atoms with Crippen LogP contribution in [0, 0.1) is 11.8 Å². The van der Waals surface area contributed by atoms with Crippen LogP contribution in [0.1, 0.15) is 90.9 Å². The number of H-pyrrole nitrogens is 2. The van der Waals surface area contributed by atoms with Gasteiger partial charge in [-0.3, -0.25) is 9.59 Å². The van der Waals surface area contributed by atoms with Crippen LogP contribution >= 0.6 is 0 Å². The van der Waals surface area contributed by atoms with E-state index in [0.717, 1.165) is 107 Å². The number of aromatic nitrogens is 4. The highest BCUT2D eigenvalue weighted by molar-refractivity contribution is 5.93. The lowest BCUT2D eigenvalue weighted by Crippen LogP contribution is -2.39. The van der Waals surface area contributed by atoms with Crippen LogP contribution in [0.2, 0.25) is 0 Å². The Balaban J connectivity index is 0.825. The molecule has 272 valence electrons. The van der Waals surface area contributed by atoms with E-state index in [-0.39, 0.29) is 29.3 Å². The normalized spacial score (nSPS) is 20.7. The largest absolute Gasteiger partial charge is 0.340 e. The van der Waals surface area contributed by atoms with E-state index in [2.05, 4.69) is 69.7 Å². The highest BCUT2D eigenvalue weighted by Crippen LogP contribution is 2.53. The van der Waals surface area contributed by atoms with E-state index in [1.54, 1.807) is 0 Å². The van der Waals surface area contributed by atoms with Gasteiger partial charge in [0.15, 0.2) is 0 Å². The fourth-order valence-corrected chi connectivity index (χ4v) is 8.91. The molecule has 4 aromatic carbocycles. The molecule has 4 heterocycles. The molecule has 0 unspecified atom stereocenters. The topological polar surface area (TPSA) is 98.0 Å². The predicted molar refractivity (Wildman–Crippen MR) is 213 cm³/mol. The molecule has 55 heavy (non-hydrogen) atoms. The highest BCUT2D eigenvalue weighted by atomic mass is 16.2. The van der Waals surface area contributed by atoms with Crippen LogP contribution in [0.15, 0.2) is 121 Å². The standard InChI is InChI=1S/C47H42N6O2/c1-31-27-41(53(30-31)45(55)47(24-25-47)36-11-6-3-7-12-36)43-49-37-21-18-33(28-38(37)50-43)15-14-32-16-19-34(20-17-32)39-29-48-42(51-39)40-13-8-26-52(40)44(54)46(22-23-46)35-9-4-2-5-10-35/h2-7,9-12,16-21,28-29,40-41H,1,8,13,22-27,30H2,(H,48,51)(H,49,50)/t40-,41-/m0/s1. The van der Waals surface area contributed by atoms with Gasteiger partial charge in [-0.2, -0.15) is 0 Å². The van der Waals surface area contributed by atoms with E-state index in [1.807, 2.05) is 77.8 Å². The van der Waals surface area contributed by atoms with E-state index in [4.69, 9.17) is 9.97 Å². The molecule has 4 aliphatic rings. The maximum atomic E-state index is 14.0. The molecule has 2 aromatic heterocycles. The minimum absolute atomic E-state index is 0.0376. The van der Waals surface area contributed by atoms with Crippen molar-refractivity contribution in [2.45, 2.75) is 67.9 Å². The van der Waals surface area contributed by atoms with Crippen molar-refractivity contribution in [3.63, 3.8) is 0 Å². The highest BCUT2D eigenvalue weighted by Gasteiger charge is 2.56. The molecule has 2 saturated carbocycles. The minimum Gasteiger partial charge on any atom is -0.340 e. The SMILES string of the molecule is C=C1C[C@@H](c2nc3ccc(C#Cc4ccc(-c5cnc([C@@H]6CCCN6C(=O)C6(c7ccccc7)CC6)[nH]5)cc4)cc3[nH]2)N(C(=O)C2(c3ccccc3)CC2)C1. The van der Waals surface area contributed by atoms with Crippen LogP contribution in [-0.4, -0.2) is 54.6 Å². The first-order chi connectivity index (χ1) is 26.9. The van der Waals surface area contributed by atoms with Gasteiger partial charge in [-0.05, 0) is 92.0 Å². The molecule has 2 aliphatic heterocycles. The Morgan fingerprint density at radius 1 is 0.727 bits per heavy atom. The van der Waals surface area contributed by atoms with Crippen molar-refractivity contribution in [3.8, 4) is 23.1 Å². The molecule has 8 heteroatoms. The molecule has 6 aromatic rings. The summed E-state index contributed by atoms with van der Waals surface area (Å²) in [5, 5.41) is 0. The smallest absolute Gasteiger partial charge is 0.234 e. The van der Waals surface area contributed by atoms with Crippen LogP contribution < -0.4 is 0 Å². The Morgan fingerprint density at radius 3 is 2.04 bits per heavy atom. The summed E-state index contributed by atoms with van der Waals surface area (Å²) < 4.78 is 0. The number of carbonyl (C=O) groups excluding carboxylic acids is 2. The third-order valence-electron chi connectivity index (χ3n) is 12.3. The first-order valence-corrected chi connectivity index (χ1v) is 19.5. The van der Waals surface area contributed by atoms with E-state index in [9.17, 15) is 9.59 Å². The lowest BCUT2D eigenvalue weighted by molar-refractivity contribution is -0.135. The Kier molecular flexibility index (Phi) is 7.88. The van der Waals surface area contributed by atoms with Crippen molar-refractivity contribution in [2.24, 2.45) is 0 Å². The first kappa shape index (κ1) is 33.4. The third kappa shape index (κ3) is 5.86. The van der Waals surface area contributed by atoms with Gasteiger partial charge in [-0.15, -0.1) is 0 Å². The van der Waals surface area contributed by atoms with Crippen molar-refractivity contribution < 1.29 is 9.59 Å². The van der Waals surface area contributed by atoms with Gasteiger partial charge >= 0.3 is 0 Å². The van der Waals surface area contributed by atoms with Crippen LogP contribution in [0.3, 0.4) is 0 Å². The molecule has 10 rings (SSSR count). The number of nitrogens with one attached hydrogen (secondary N) is 2. The minimum atomic E-state index is -0.431. The molecular formula is C47H42N6O2. The van der Waals surface area contributed by atoms with Crippen LogP contribution in [-0.2, 0) is 20.4 Å². The van der Waals surface area contributed by atoms with Gasteiger partial charge in [-0.1, -0.05) is 96.8 Å². The number of rotatable bonds is 7. The third-order valence-corrected chi connectivity index (χ3v) is 12.3. The van der Waals surface area contributed by atoms with Gasteiger partial charge in [0.25, 0.3) is 0 Å². The summed E-state index contributed by atoms with van der Waals surface area (Å²) >= 11 is 0. The van der Waals surface area contributed by atoms with Gasteiger partial charge in [0.2, 0.25) is 11.8 Å². The monoisotopic (exact) mass is 722 g/mol. The summed E-state index contributed by atoms with van der Waals surface area (Å²) in [7, 11) is 0.